The number of imidazole rings is 1. The van der Waals surface area contributed by atoms with Gasteiger partial charge in [0, 0.05) is 12.0 Å². The lowest BCUT2D eigenvalue weighted by atomic mass is 10.1. The summed E-state index contributed by atoms with van der Waals surface area (Å²) < 4.78 is 15.6. The van der Waals surface area contributed by atoms with Gasteiger partial charge in [0.25, 0.3) is 0 Å². The molecular weight excluding hydrogens is 241 g/mol. The number of anilines is 1. The van der Waals surface area contributed by atoms with E-state index in [2.05, 4.69) is 10.9 Å². The minimum Gasteiger partial charge on any atom is -0.383 e. The van der Waals surface area contributed by atoms with Crippen molar-refractivity contribution in [1.82, 2.24) is 9.55 Å². The van der Waals surface area contributed by atoms with Crippen molar-refractivity contribution in [3.63, 3.8) is 0 Å². The van der Waals surface area contributed by atoms with Crippen LogP contribution in [0.2, 0.25) is 0 Å². The highest BCUT2D eigenvalue weighted by Crippen LogP contribution is 2.28. The molecule has 2 N–H and O–H groups in total. The SMILES string of the molecule is C#CCn1c(CCC)nc(-c2ccccc2F)c1N. The monoisotopic (exact) mass is 257 g/mol. The third-order valence-corrected chi connectivity index (χ3v) is 2.94. The van der Waals surface area contributed by atoms with Gasteiger partial charge in [-0.1, -0.05) is 25.0 Å². The zero-order valence-electron chi connectivity index (χ0n) is 10.9. The van der Waals surface area contributed by atoms with Crippen LogP contribution in [0.1, 0.15) is 19.2 Å². The summed E-state index contributed by atoms with van der Waals surface area (Å²) in [6.45, 7) is 2.40. The van der Waals surface area contributed by atoms with Gasteiger partial charge in [-0.2, -0.15) is 0 Å². The van der Waals surface area contributed by atoms with E-state index in [4.69, 9.17) is 12.2 Å². The Morgan fingerprint density at radius 3 is 2.79 bits per heavy atom. The molecule has 0 saturated heterocycles. The summed E-state index contributed by atoms with van der Waals surface area (Å²) in [5.74, 6) is 3.45. The summed E-state index contributed by atoms with van der Waals surface area (Å²) in [6, 6.07) is 6.47. The van der Waals surface area contributed by atoms with Crippen molar-refractivity contribution in [1.29, 1.82) is 0 Å². The number of benzene rings is 1. The number of rotatable bonds is 4. The van der Waals surface area contributed by atoms with E-state index in [1.165, 1.54) is 6.07 Å². The van der Waals surface area contributed by atoms with Crippen molar-refractivity contribution in [3.05, 3.63) is 35.9 Å². The standard InChI is InChI=1S/C15H16FN3/c1-3-7-13-18-14(15(17)19(13)10-4-2)11-8-5-6-9-12(11)16/h2,5-6,8-9H,3,7,10,17H2,1H3. The Morgan fingerprint density at radius 2 is 2.16 bits per heavy atom. The molecule has 0 radical (unpaired) electrons. The van der Waals surface area contributed by atoms with Gasteiger partial charge in [-0.15, -0.1) is 6.42 Å². The molecule has 98 valence electrons. The first-order valence-corrected chi connectivity index (χ1v) is 6.22. The number of hydrogen-bond donors (Lipinski definition) is 1. The summed E-state index contributed by atoms with van der Waals surface area (Å²) in [7, 11) is 0. The Bertz CT molecular complexity index is 623. The largest absolute Gasteiger partial charge is 0.383 e. The van der Waals surface area contributed by atoms with Crippen LogP contribution in [0.25, 0.3) is 11.3 Å². The zero-order chi connectivity index (χ0) is 13.8. The number of hydrogen-bond acceptors (Lipinski definition) is 2. The Morgan fingerprint density at radius 1 is 1.42 bits per heavy atom. The fourth-order valence-corrected chi connectivity index (χ4v) is 2.05. The summed E-state index contributed by atoms with van der Waals surface area (Å²) in [5, 5.41) is 0. The molecule has 1 aromatic heterocycles. The quantitative estimate of drug-likeness (QED) is 0.856. The Kier molecular flexibility index (Phi) is 3.86. The van der Waals surface area contributed by atoms with Gasteiger partial charge in [0.15, 0.2) is 0 Å². The molecular formula is C15H16FN3. The normalized spacial score (nSPS) is 10.4. The smallest absolute Gasteiger partial charge is 0.132 e. The number of aryl methyl sites for hydroxylation is 1. The van der Waals surface area contributed by atoms with Crippen LogP contribution in [-0.2, 0) is 13.0 Å². The fourth-order valence-electron chi connectivity index (χ4n) is 2.05. The van der Waals surface area contributed by atoms with E-state index in [9.17, 15) is 4.39 Å². The molecule has 0 aliphatic rings. The number of halogens is 1. The maximum Gasteiger partial charge on any atom is 0.132 e. The Balaban J connectivity index is 2.56. The minimum atomic E-state index is -0.331. The van der Waals surface area contributed by atoms with Gasteiger partial charge in [-0.3, -0.25) is 0 Å². The number of nitrogens with zero attached hydrogens (tertiary/aromatic N) is 2. The first-order valence-electron chi connectivity index (χ1n) is 6.22. The minimum absolute atomic E-state index is 0.331. The van der Waals surface area contributed by atoms with Gasteiger partial charge in [0.1, 0.15) is 23.2 Å². The highest BCUT2D eigenvalue weighted by atomic mass is 19.1. The van der Waals surface area contributed by atoms with E-state index in [-0.39, 0.29) is 5.82 Å². The lowest BCUT2D eigenvalue weighted by Gasteiger charge is -2.05. The maximum atomic E-state index is 13.8. The Hall–Kier alpha value is -2.28. The highest BCUT2D eigenvalue weighted by Gasteiger charge is 2.17. The number of nitrogens with two attached hydrogens (primary N) is 1. The van der Waals surface area contributed by atoms with Gasteiger partial charge in [-0.05, 0) is 18.6 Å². The first-order chi connectivity index (χ1) is 9.19. The van der Waals surface area contributed by atoms with Crippen LogP contribution in [0.15, 0.2) is 24.3 Å². The van der Waals surface area contributed by atoms with E-state index in [0.29, 0.717) is 23.6 Å². The topological polar surface area (TPSA) is 43.8 Å². The number of terminal acetylenes is 1. The fraction of sp³-hybridized carbons (Fsp3) is 0.267. The summed E-state index contributed by atoms with van der Waals surface area (Å²) in [6.07, 6.45) is 7.04. The molecule has 0 bridgehead atoms. The molecule has 0 unspecified atom stereocenters. The summed E-state index contributed by atoms with van der Waals surface area (Å²) in [5.41, 5.74) is 6.94. The average Bonchev–Trinajstić information content (AvgIpc) is 2.69. The lowest BCUT2D eigenvalue weighted by Crippen LogP contribution is -2.06. The number of aromatic nitrogens is 2. The van der Waals surface area contributed by atoms with Crippen molar-refractivity contribution < 1.29 is 4.39 Å². The maximum absolute atomic E-state index is 13.8. The summed E-state index contributed by atoms with van der Waals surface area (Å²) >= 11 is 0. The van der Waals surface area contributed by atoms with E-state index in [1.54, 1.807) is 22.8 Å². The van der Waals surface area contributed by atoms with Gasteiger partial charge in [0.05, 0.1) is 6.54 Å². The van der Waals surface area contributed by atoms with E-state index >= 15 is 0 Å². The van der Waals surface area contributed by atoms with Gasteiger partial charge < -0.3 is 10.3 Å². The molecule has 0 aliphatic heterocycles. The van der Waals surface area contributed by atoms with Crippen molar-refractivity contribution in [2.24, 2.45) is 0 Å². The lowest BCUT2D eigenvalue weighted by molar-refractivity contribution is 0.631. The second-order valence-corrected chi connectivity index (χ2v) is 4.28. The van der Waals surface area contributed by atoms with Gasteiger partial charge >= 0.3 is 0 Å². The molecule has 0 amide bonds. The van der Waals surface area contributed by atoms with Crippen molar-refractivity contribution >= 4 is 5.82 Å². The molecule has 0 fully saturated rings. The van der Waals surface area contributed by atoms with Gasteiger partial charge in [-0.25, -0.2) is 9.37 Å². The highest BCUT2D eigenvalue weighted by molar-refractivity contribution is 5.71. The van der Waals surface area contributed by atoms with Crippen LogP contribution in [0.5, 0.6) is 0 Å². The molecule has 0 aliphatic carbocycles. The zero-order valence-corrected chi connectivity index (χ0v) is 10.9. The molecule has 3 nitrogen and oxygen atoms in total. The molecule has 4 heteroatoms. The molecule has 0 spiro atoms. The average molecular weight is 257 g/mol. The third-order valence-electron chi connectivity index (χ3n) is 2.94. The van der Waals surface area contributed by atoms with Crippen LogP contribution in [0.3, 0.4) is 0 Å². The predicted molar refractivity (Wildman–Crippen MR) is 74.9 cm³/mol. The molecule has 2 aromatic rings. The Labute approximate surface area is 112 Å². The molecule has 0 atom stereocenters. The van der Waals surface area contributed by atoms with Gasteiger partial charge in [0.2, 0.25) is 0 Å². The third kappa shape index (κ3) is 2.45. The van der Waals surface area contributed by atoms with E-state index in [1.807, 2.05) is 6.92 Å². The van der Waals surface area contributed by atoms with Crippen molar-refractivity contribution in [2.75, 3.05) is 5.73 Å². The molecule has 1 aromatic carbocycles. The van der Waals surface area contributed by atoms with Crippen LogP contribution < -0.4 is 5.73 Å². The molecule has 0 saturated carbocycles. The molecule has 2 rings (SSSR count). The van der Waals surface area contributed by atoms with Crippen molar-refractivity contribution in [3.8, 4) is 23.6 Å². The van der Waals surface area contributed by atoms with Crippen LogP contribution >= 0.6 is 0 Å². The molecule has 19 heavy (non-hydrogen) atoms. The molecule has 1 heterocycles. The van der Waals surface area contributed by atoms with Crippen LogP contribution in [0.4, 0.5) is 10.2 Å². The predicted octanol–water partition coefficient (Wildman–Crippen LogP) is 2.86. The van der Waals surface area contributed by atoms with Crippen molar-refractivity contribution in [2.45, 2.75) is 26.3 Å². The number of nitrogen functional groups attached to an aromatic ring is 1. The second kappa shape index (κ2) is 5.57. The van der Waals surface area contributed by atoms with E-state index < -0.39 is 0 Å². The first kappa shape index (κ1) is 13.2. The van der Waals surface area contributed by atoms with Crippen LogP contribution in [-0.4, -0.2) is 9.55 Å². The second-order valence-electron chi connectivity index (χ2n) is 4.28. The van der Waals surface area contributed by atoms with Crippen LogP contribution in [0, 0.1) is 18.2 Å². The van der Waals surface area contributed by atoms with E-state index in [0.717, 1.165) is 18.7 Å². The summed E-state index contributed by atoms with van der Waals surface area (Å²) in [4.78, 5) is 4.45.